The van der Waals surface area contributed by atoms with Crippen LogP contribution in [0, 0.1) is 6.92 Å². The van der Waals surface area contributed by atoms with Crippen LogP contribution in [-0.4, -0.2) is 16.2 Å². The number of aryl methyl sites for hydroxylation is 1. The van der Waals surface area contributed by atoms with Gasteiger partial charge in [0.1, 0.15) is 0 Å². The minimum absolute atomic E-state index is 0.398. The zero-order chi connectivity index (χ0) is 14.8. The minimum atomic E-state index is -0.761. The van der Waals surface area contributed by atoms with Crippen LogP contribution in [0.5, 0.6) is 0 Å². The number of anilines is 1. The Hall–Kier alpha value is -2.08. The highest BCUT2D eigenvalue weighted by molar-refractivity contribution is 6.33. The van der Waals surface area contributed by atoms with Gasteiger partial charge < -0.3 is 15.2 Å². The lowest BCUT2D eigenvalue weighted by Gasteiger charge is -2.22. The molecule has 0 unspecified atom stereocenters. The van der Waals surface area contributed by atoms with Crippen LogP contribution in [0.1, 0.15) is 25.6 Å². The molecule has 2 rings (SSSR count). The lowest BCUT2D eigenvalue weighted by atomic mass is 10.1. The maximum absolute atomic E-state index is 12.0. The molecule has 0 aliphatic rings. The first-order valence-corrected chi connectivity index (χ1v) is 6.41. The summed E-state index contributed by atoms with van der Waals surface area (Å²) in [4.78, 5) is 16.1. The molecule has 0 bridgehead atoms. The molecule has 20 heavy (non-hydrogen) atoms. The summed E-state index contributed by atoms with van der Waals surface area (Å²) in [6, 6.07) is 6.59. The Bertz CT molecular complexity index is 624. The van der Waals surface area contributed by atoms with E-state index in [2.05, 4.69) is 20.8 Å². The highest BCUT2D eigenvalue weighted by Gasteiger charge is 2.28. The highest BCUT2D eigenvalue weighted by atomic mass is 35.5. The number of urea groups is 1. The summed E-state index contributed by atoms with van der Waals surface area (Å²) in [5, 5.41) is 9.72. The van der Waals surface area contributed by atoms with Crippen molar-refractivity contribution in [2.75, 3.05) is 5.32 Å². The standard InChI is InChI=1S/C13H15ClN4O2/c1-8-15-11(18-20-8)13(2,3)17-12(19)16-10-7-5-4-6-9(10)14/h4-7H,1-3H3,(H2,16,17,19). The number of nitrogens with zero attached hydrogens (tertiary/aromatic N) is 2. The van der Waals surface area contributed by atoms with E-state index in [-0.39, 0.29) is 0 Å². The number of hydrogen-bond acceptors (Lipinski definition) is 4. The molecule has 0 saturated carbocycles. The van der Waals surface area contributed by atoms with Gasteiger partial charge >= 0.3 is 6.03 Å². The van der Waals surface area contributed by atoms with Crippen LogP contribution in [0.15, 0.2) is 28.8 Å². The summed E-state index contributed by atoms with van der Waals surface area (Å²) < 4.78 is 4.92. The Morgan fingerprint density at radius 2 is 2.05 bits per heavy atom. The average Bonchev–Trinajstić information content (AvgIpc) is 2.79. The van der Waals surface area contributed by atoms with Gasteiger partial charge in [0.25, 0.3) is 0 Å². The fourth-order valence-corrected chi connectivity index (χ4v) is 1.79. The van der Waals surface area contributed by atoms with E-state index in [1.807, 2.05) is 0 Å². The number of aromatic nitrogens is 2. The summed E-state index contributed by atoms with van der Waals surface area (Å²) >= 11 is 5.98. The highest BCUT2D eigenvalue weighted by Crippen LogP contribution is 2.21. The largest absolute Gasteiger partial charge is 0.340 e. The van der Waals surface area contributed by atoms with Crippen LogP contribution < -0.4 is 10.6 Å². The predicted octanol–water partition coefficient (Wildman–Crippen LogP) is 3.09. The average molecular weight is 295 g/mol. The van der Waals surface area contributed by atoms with Crippen LogP contribution in [-0.2, 0) is 5.54 Å². The number of halogens is 1. The first kappa shape index (κ1) is 14.3. The monoisotopic (exact) mass is 294 g/mol. The van der Waals surface area contributed by atoms with Crippen molar-refractivity contribution < 1.29 is 9.32 Å². The number of hydrogen-bond donors (Lipinski definition) is 2. The topological polar surface area (TPSA) is 80.0 Å². The molecule has 1 heterocycles. The van der Waals surface area contributed by atoms with Gasteiger partial charge in [-0.2, -0.15) is 4.98 Å². The number of amides is 2. The minimum Gasteiger partial charge on any atom is -0.340 e. The number of rotatable bonds is 3. The molecule has 2 aromatic rings. The van der Waals surface area contributed by atoms with Gasteiger partial charge in [0.2, 0.25) is 5.89 Å². The smallest absolute Gasteiger partial charge is 0.320 e. The van der Waals surface area contributed by atoms with Crippen molar-refractivity contribution in [3.63, 3.8) is 0 Å². The van der Waals surface area contributed by atoms with Gasteiger partial charge in [0.05, 0.1) is 16.2 Å². The van der Waals surface area contributed by atoms with Crippen LogP contribution in [0.2, 0.25) is 5.02 Å². The summed E-state index contributed by atoms with van der Waals surface area (Å²) in [7, 11) is 0. The zero-order valence-corrected chi connectivity index (χ0v) is 12.2. The summed E-state index contributed by atoms with van der Waals surface area (Å²) in [5.41, 5.74) is -0.227. The molecule has 6 nitrogen and oxygen atoms in total. The molecule has 0 atom stereocenters. The molecule has 0 aliphatic heterocycles. The first-order valence-electron chi connectivity index (χ1n) is 6.03. The van der Waals surface area contributed by atoms with Gasteiger partial charge in [-0.1, -0.05) is 28.9 Å². The molecular formula is C13H15ClN4O2. The van der Waals surface area contributed by atoms with Crippen molar-refractivity contribution in [3.8, 4) is 0 Å². The fraction of sp³-hybridized carbons (Fsp3) is 0.308. The second-order valence-corrected chi connectivity index (χ2v) is 5.23. The van der Waals surface area contributed by atoms with E-state index in [0.29, 0.717) is 22.4 Å². The molecule has 0 radical (unpaired) electrons. The van der Waals surface area contributed by atoms with E-state index in [9.17, 15) is 4.79 Å². The van der Waals surface area contributed by atoms with Crippen molar-refractivity contribution in [1.29, 1.82) is 0 Å². The van der Waals surface area contributed by atoms with E-state index in [4.69, 9.17) is 16.1 Å². The summed E-state index contributed by atoms with van der Waals surface area (Å²) in [6.07, 6.45) is 0. The van der Waals surface area contributed by atoms with Crippen LogP contribution in [0.3, 0.4) is 0 Å². The van der Waals surface area contributed by atoms with Gasteiger partial charge in [-0.15, -0.1) is 0 Å². The molecule has 0 aliphatic carbocycles. The van der Waals surface area contributed by atoms with Gasteiger partial charge in [0, 0.05) is 6.92 Å². The van der Waals surface area contributed by atoms with E-state index in [1.165, 1.54) is 0 Å². The van der Waals surface area contributed by atoms with Crippen molar-refractivity contribution in [3.05, 3.63) is 41.0 Å². The van der Waals surface area contributed by atoms with Crippen molar-refractivity contribution >= 4 is 23.3 Å². The van der Waals surface area contributed by atoms with E-state index < -0.39 is 11.6 Å². The lowest BCUT2D eigenvalue weighted by molar-refractivity contribution is 0.239. The Kier molecular flexibility index (Phi) is 3.94. The van der Waals surface area contributed by atoms with Crippen LogP contribution in [0.25, 0.3) is 0 Å². The number of carbonyl (C=O) groups excluding carboxylic acids is 1. The molecule has 0 saturated heterocycles. The molecule has 106 valence electrons. The maximum atomic E-state index is 12.0. The molecule has 1 aromatic carbocycles. The quantitative estimate of drug-likeness (QED) is 0.911. The van der Waals surface area contributed by atoms with Crippen LogP contribution in [0.4, 0.5) is 10.5 Å². The second-order valence-electron chi connectivity index (χ2n) is 4.82. The Balaban J connectivity index is 2.06. The lowest BCUT2D eigenvalue weighted by Crippen LogP contribution is -2.44. The van der Waals surface area contributed by atoms with Crippen molar-refractivity contribution in [1.82, 2.24) is 15.5 Å². The number of carbonyl (C=O) groups is 1. The second kappa shape index (κ2) is 5.50. The van der Waals surface area contributed by atoms with Crippen LogP contribution >= 0.6 is 11.6 Å². The molecule has 2 N–H and O–H groups in total. The van der Waals surface area contributed by atoms with E-state index in [0.717, 1.165) is 0 Å². The first-order chi connectivity index (χ1) is 9.38. The maximum Gasteiger partial charge on any atom is 0.320 e. The molecule has 2 amide bonds. The van der Waals surface area contributed by atoms with Gasteiger partial charge in [-0.05, 0) is 26.0 Å². The molecule has 0 fully saturated rings. The molecule has 1 aromatic heterocycles. The number of benzene rings is 1. The Labute approximate surface area is 121 Å². The van der Waals surface area contributed by atoms with Gasteiger partial charge in [-0.3, -0.25) is 0 Å². The van der Waals surface area contributed by atoms with Crippen molar-refractivity contribution in [2.45, 2.75) is 26.3 Å². The fourth-order valence-electron chi connectivity index (χ4n) is 1.61. The third kappa shape index (κ3) is 3.27. The normalized spacial score (nSPS) is 11.2. The van der Waals surface area contributed by atoms with E-state index >= 15 is 0 Å². The SMILES string of the molecule is Cc1nc(C(C)(C)NC(=O)Nc2ccccc2Cl)no1. The summed E-state index contributed by atoms with van der Waals surface area (Å²) in [6.45, 7) is 5.25. The molecule has 0 spiro atoms. The third-order valence-corrected chi connectivity index (χ3v) is 2.96. The zero-order valence-electron chi connectivity index (χ0n) is 11.4. The Morgan fingerprint density at radius 3 is 2.65 bits per heavy atom. The van der Waals surface area contributed by atoms with Crippen molar-refractivity contribution in [2.24, 2.45) is 0 Å². The molecule has 7 heteroatoms. The number of nitrogens with one attached hydrogen (secondary N) is 2. The summed E-state index contributed by atoms with van der Waals surface area (Å²) in [5.74, 6) is 0.852. The Morgan fingerprint density at radius 1 is 1.35 bits per heavy atom. The third-order valence-electron chi connectivity index (χ3n) is 2.63. The molecular weight excluding hydrogens is 280 g/mol. The number of para-hydroxylation sites is 1. The van der Waals surface area contributed by atoms with Gasteiger partial charge in [-0.25, -0.2) is 4.79 Å². The predicted molar refractivity (Wildman–Crippen MR) is 75.7 cm³/mol. The van der Waals surface area contributed by atoms with Gasteiger partial charge in [0.15, 0.2) is 5.82 Å². The van der Waals surface area contributed by atoms with E-state index in [1.54, 1.807) is 45.0 Å².